The summed E-state index contributed by atoms with van der Waals surface area (Å²) < 4.78 is 7.28. The number of carbonyl (C=O) groups is 1. The second-order valence-corrected chi connectivity index (χ2v) is 7.65. The van der Waals surface area contributed by atoms with Gasteiger partial charge in [0.1, 0.15) is 5.75 Å². The number of para-hydroxylation sites is 1. The molecule has 1 aromatic heterocycles. The van der Waals surface area contributed by atoms with Crippen molar-refractivity contribution in [1.29, 1.82) is 0 Å². The smallest absolute Gasteiger partial charge is 0.220 e. The molecule has 4 rings (SSSR count). The number of aryl methyl sites for hydroxylation is 1. The van der Waals surface area contributed by atoms with Gasteiger partial charge in [-0.15, -0.1) is 0 Å². The van der Waals surface area contributed by atoms with E-state index in [1.54, 1.807) is 13.3 Å². The zero-order chi connectivity index (χ0) is 22.2. The highest BCUT2D eigenvalue weighted by atomic mass is 16.5. The van der Waals surface area contributed by atoms with Gasteiger partial charge in [-0.1, -0.05) is 66.7 Å². The van der Waals surface area contributed by atoms with Crippen LogP contribution in [-0.2, 0) is 24.3 Å². The van der Waals surface area contributed by atoms with E-state index in [9.17, 15) is 4.79 Å². The Morgan fingerprint density at radius 3 is 2.44 bits per heavy atom. The summed E-state index contributed by atoms with van der Waals surface area (Å²) in [4.78, 5) is 12.5. The second kappa shape index (κ2) is 10.4. The predicted molar refractivity (Wildman–Crippen MR) is 126 cm³/mol. The maximum Gasteiger partial charge on any atom is 0.220 e. The van der Waals surface area contributed by atoms with Gasteiger partial charge in [-0.2, -0.15) is 5.10 Å². The third-order valence-corrected chi connectivity index (χ3v) is 5.48. The van der Waals surface area contributed by atoms with E-state index in [1.165, 1.54) is 5.56 Å². The molecule has 0 bridgehead atoms. The molecule has 5 nitrogen and oxygen atoms in total. The lowest BCUT2D eigenvalue weighted by Gasteiger charge is -2.12. The largest absolute Gasteiger partial charge is 0.496 e. The first-order valence-corrected chi connectivity index (χ1v) is 10.8. The Labute approximate surface area is 188 Å². The van der Waals surface area contributed by atoms with Crippen LogP contribution < -0.4 is 10.1 Å². The van der Waals surface area contributed by atoms with Gasteiger partial charge in [0.2, 0.25) is 5.91 Å². The molecular formula is C27H27N3O2. The monoisotopic (exact) mass is 425 g/mol. The molecule has 32 heavy (non-hydrogen) atoms. The van der Waals surface area contributed by atoms with Crippen LogP contribution in [0.1, 0.15) is 23.1 Å². The van der Waals surface area contributed by atoms with Gasteiger partial charge in [-0.25, -0.2) is 0 Å². The number of hydrogen-bond acceptors (Lipinski definition) is 3. The van der Waals surface area contributed by atoms with Gasteiger partial charge >= 0.3 is 0 Å². The maximum absolute atomic E-state index is 12.5. The molecule has 0 spiro atoms. The van der Waals surface area contributed by atoms with Crippen LogP contribution >= 0.6 is 0 Å². The lowest BCUT2D eigenvalue weighted by atomic mass is 9.98. The van der Waals surface area contributed by atoms with Crippen molar-refractivity contribution in [1.82, 2.24) is 15.1 Å². The Morgan fingerprint density at radius 1 is 0.938 bits per heavy atom. The van der Waals surface area contributed by atoms with E-state index in [1.807, 2.05) is 53.3 Å². The average molecular weight is 426 g/mol. The Kier molecular flexibility index (Phi) is 6.98. The summed E-state index contributed by atoms with van der Waals surface area (Å²) >= 11 is 0. The highest BCUT2D eigenvalue weighted by Crippen LogP contribution is 2.24. The Hall–Kier alpha value is -3.86. The van der Waals surface area contributed by atoms with Crippen molar-refractivity contribution < 1.29 is 9.53 Å². The number of amides is 1. The molecule has 0 aliphatic heterocycles. The standard InChI is InChI=1S/C27H27N3O2/c1-32-26-10-5-3-7-23(26)15-16-27(31)28-19-24-8-2-4-9-25(24)22-13-11-21(12-14-22)20-30-18-6-17-29-30/h2-14,17-18H,15-16,19-20H2,1H3,(H,28,31). The fourth-order valence-corrected chi connectivity index (χ4v) is 3.77. The number of hydrogen-bond donors (Lipinski definition) is 1. The molecule has 0 unspecified atom stereocenters. The number of nitrogens with one attached hydrogen (secondary N) is 1. The molecule has 0 saturated carbocycles. The molecule has 0 aliphatic carbocycles. The van der Waals surface area contributed by atoms with Crippen LogP contribution in [0.15, 0.2) is 91.3 Å². The molecule has 0 aliphatic rings. The number of aromatic nitrogens is 2. The molecule has 3 aromatic carbocycles. The minimum absolute atomic E-state index is 0.0280. The fourth-order valence-electron chi connectivity index (χ4n) is 3.77. The van der Waals surface area contributed by atoms with Gasteiger partial charge in [0, 0.05) is 25.4 Å². The zero-order valence-electron chi connectivity index (χ0n) is 18.2. The highest BCUT2D eigenvalue weighted by Gasteiger charge is 2.09. The maximum atomic E-state index is 12.5. The Bertz CT molecular complexity index is 1150. The lowest BCUT2D eigenvalue weighted by Crippen LogP contribution is -2.23. The normalized spacial score (nSPS) is 10.7. The van der Waals surface area contributed by atoms with Gasteiger partial charge in [-0.3, -0.25) is 9.48 Å². The van der Waals surface area contributed by atoms with Gasteiger partial charge in [0.15, 0.2) is 0 Å². The molecule has 1 amide bonds. The van der Waals surface area contributed by atoms with E-state index in [4.69, 9.17) is 4.74 Å². The molecule has 1 N–H and O–H groups in total. The van der Waals surface area contributed by atoms with Crippen molar-refractivity contribution in [3.63, 3.8) is 0 Å². The van der Waals surface area contributed by atoms with Crippen molar-refractivity contribution in [2.75, 3.05) is 7.11 Å². The van der Waals surface area contributed by atoms with Crippen LogP contribution in [0.25, 0.3) is 11.1 Å². The summed E-state index contributed by atoms with van der Waals surface area (Å²) in [5, 5.41) is 7.33. The van der Waals surface area contributed by atoms with Crippen LogP contribution in [0.5, 0.6) is 5.75 Å². The van der Waals surface area contributed by atoms with Crippen molar-refractivity contribution in [2.24, 2.45) is 0 Å². The van der Waals surface area contributed by atoms with E-state index >= 15 is 0 Å². The summed E-state index contributed by atoms with van der Waals surface area (Å²) in [5.74, 6) is 0.849. The van der Waals surface area contributed by atoms with Crippen molar-refractivity contribution in [2.45, 2.75) is 25.9 Å². The number of carbonyl (C=O) groups excluding carboxylic acids is 1. The summed E-state index contributed by atoms with van der Waals surface area (Å²) in [6.45, 7) is 1.24. The molecule has 0 atom stereocenters. The SMILES string of the molecule is COc1ccccc1CCC(=O)NCc1ccccc1-c1ccc(Cn2cccn2)cc1. The van der Waals surface area contributed by atoms with E-state index in [0.29, 0.717) is 19.4 Å². The fraction of sp³-hybridized carbons (Fsp3) is 0.185. The first-order valence-electron chi connectivity index (χ1n) is 10.8. The quantitative estimate of drug-likeness (QED) is 0.417. The third kappa shape index (κ3) is 5.43. The predicted octanol–water partition coefficient (Wildman–Crippen LogP) is 4.86. The summed E-state index contributed by atoms with van der Waals surface area (Å²) in [5.41, 5.74) is 5.59. The number of rotatable bonds is 9. The Morgan fingerprint density at radius 2 is 1.69 bits per heavy atom. The van der Waals surface area contributed by atoms with Crippen LogP contribution in [0.4, 0.5) is 0 Å². The van der Waals surface area contributed by atoms with Gasteiger partial charge in [-0.05, 0) is 46.4 Å². The van der Waals surface area contributed by atoms with Crippen molar-refractivity contribution in [3.8, 4) is 16.9 Å². The van der Waals surface area contributed by atoms with E-state index in [0.717, 1.165) is 34.5 Å². The van der Waals surface area contributed by atoms with Crippen LogP contribution in [0.3, 0.4) is 0 Å². The number of nitrogens with zero attached hydrogens (tertiary/aromatic N) is 2. The molecule has 0 fully saturated rings. The first-order chi connectivity index (χ1) is 15.7. The van der Waals surface area contributed by atoms with Gasteiger partial charge in [0.25, 0.3) is 0 Å². The third-order valence-electron chi connectivity index (χ3n) is 5.48. The second-order valence-electron chi connectivity index (χ2n) is 7.65. The van der Waals surface area contributed by atoms with Crippen molar-refractivity contribution in [3.05, 3.63) is 108 Å². The van der Waals surface area contributed by atoms with Crippen molar-refractivity contribution >= 4 is 5.91 Å². The molecular weight excluding hydrogens is 398 g/mol. The molecule has 162 valence electrons. The van der Waals surface area contributed by atoms with Gasteiger partial charge < -0.3 is 10.1 Å². The topological polar surface area (TPSA) is 56.1 Å². The zero-order valence-corrected chi connectivity index (χ0v) is 18.2. The lowest BCUT2D eigenvalue weighted by molar-refractivity contribution is -0.121. The van der Waals surface area contributed by atoms with Gasteiger partial charge in [0.05, 0.1) is 13.7 Å². The molecule has 0 saturated heterocycles. The number of ether oxygens (including phenoxy) is 1. The molecule has 0 radical (unpaired) electrons. The highest BCUT2D eigenvalue weighted by molar-refractivity contribution is 5.77. The minimum atomic E-state index is 0.0280. The summed E-state index contributed by atoms with van der Waals surface area (Å²) in [6, 6.07) is 26.4. The van der Waals surface area contributed by atoms with E-state index < -0.39 is 0 Å². The average Bonchev–Trinajstić information content (AvgIpc) is 3.35. The minimum Gasteiger partial charge on any atom is -0.496 e. The van der Waals surface area contributed by atoms with E-state index in [2.05, 4.69) is 46.8 Å². The molecule has 5 heteroatoms. The number of benzene rings is 3. The summed E-state index contributed by atoms with van der Waals surface area (Å²) in [7, 11) is 1.65. The van der Waals surface area contributed by atoms with E-state index in [-0.39, 0.29) is 5.91 Å². The molecule has 4 aromatic rings. The first kappa shape index (κ1) is 21.4. The molecule has 1 heterocycles. The summed E-state index contributed by atoms with van der Waals surface area (Å²) in [6.07, 6.45) is 4.81. The van der Waals surface area contributed by atoms with Crippen LogP contribution in [-0.4, -0.2) is 22.8 Å². The van der Waals surface area contributed by atoms with Crippen LogP contribution in [0.2, 0.25) is 0 Å². The number of methoxy groups -OCH3 is 1. The van der Waals surface area contributed by atoms with Crippen LogP contribution in [0, 0.1) is 0 Å². The Balaban J connectivity index is 1.37.